The monoisotopic (exact) mass is 310 g/mol. The van der Waals surface area contributed by atoms with Crippen LogP contribution in [-0.2, 0) is 4.79 Å². The smallest absolute Gasteiger partial charge is 0.313 e. The van der Waals surface area contributed by atoms with Crippen LogP contribution in [0.1, 0.15) is 71.0 Å². The molecule has 1 unspecified atom stereocenters. The molecule has 2 rings (SSSR count). The van der Waals surface area contributed by atoms with Gasteiger partial charge in [0.1, 0.15) is 0 Å². The Morgan fingerprint density at radius 3 is 2.86 bits per heavy atom. The van der Waals surface area contributed by atoms with Gasteiger partial charge in [-0.3, -0.25) is 4.79 Å². The van der Waals surface area contributed by atoms with Crippen LogP contribution in [-0.4, -0.2) is 26.4 Å². The molecule has 1 aromatic rings. The van der Waals surface area contributed by atoms with Crippen molar-refractivity contribution in [1.82, 2.24) is 9.55 Å². The normalized spacial score (nSPS) is 21.7. The van der Waals surface area contributed by atoms with Crippen molar-refractivity contribution in [3.63, 3.8) is 0 Å². The first kappa shape index (κ1) is 16.4. The first-order chi connectivity index (χ1) is 9.80. The van der Waals surface area contributed by atoms with Gasteiger partial charge in [-0.05, 0) is 30.6 Å². The van der Waals surface area contributed by atoms with Crippen molar-refractivity contribution in [1.29, 1.82) is 0 Å². The Hall–Kier alpha value is -0.970. The van der Waals surface area contributed by atoms with Crippen LogP contribution >= 0.6 is 11.8 Å². The number of carbonyl (C=O) groups is 1. The molecular weight excluding hydrogens is 284 g/mol. The van der Waals surface area contributed by atoms with Crippen LogP contribution in [0.4, 0.5) is 0 Å². The van der Waals surface area contributed by atoms with Gasteiger partial charge < -0.3 is 9.67 Å². The Labute approximate surface area is 131 Å². The number of hydrogen-bond donors (Lipinski definition) is 1. The predicted molar refractivity (Wildman–Crippen MR) is 86.0 cm³/mol. The van der Waals surface area contributed by atoms with Crippen LogP contribution in [0, 0.1) is 5.41 Å². The number of aliphatic carboxylic acids is 1. The molecule has 0 radical (unpaired) electrons. The van der Waals surface area contributed by atoms with E-state index in [1.807, 2.05) is 6.20 Å². The summed E-state index contributed by atoms with van der Waals surface area (Å²) in [4.78, 5) is 15.3. The molecule has 0 spiro atoms. The zero-order valence-corrected chi connectivity index (χ0v) is 14.2. The molecule has 0 aromatic carbocycles. The number of carboxylic acid groups (broad SMARTS) is 1. The second kappa shape index (κ2) is 6.42. The van der Waals surface area contributed by atoms with Crippen molar-refractivity contribution in [2.75, 3.05) is 5.75 Å². The maximum absolute atomic E-state index is 10.8. The molecule has 1 atom stereocenters. The highest BCUT2D eigenvalue weighted by Gasteiger charge is 2.31. The Balaban J connectivity index is 2.29. The van der Waals surface area contributed by atoms with Crippen molar-refractivity contribution in [3.8, 4) is 0 Å². The first-order valence-electron chi connectivity index (χ1n) is 7.72. The van der Waals surface area contributed by atoms with Gasteiger partial charge in [0.2, 0.25) is 0 Å². The van der Waals surface area contributed by atoms with Crippen molar-refractivity contribution >= 4 is 17.7 Å². The summed E-state index contributed by atoms with van der Waals surface area (Å²) in [5.41, 5.74) is 1.58. The summed E-state index contributed by atoms with van der Waals surface area (Å²) in [6, 6.07) is 0.449. The van der Waals surface area contributed by atoms with Crippen LogP contribution in [0.15, 0.2) is 11.4 Å². The third kappa shape index (κ3) is 4.02. The lowest BCUT2D eigenvalue weighted by Gasteiger charge is -2.37. The van der Waals surface area contributed by atoms with Gasteiger partial charge in [0.25, 0.3) is 0 Å². The average Bonchev–Trinajstić information content (AvgIpc) is 2.78. The van der Waals surface area contributed by atoms with E-state index >= 15 is 0 Å². The molecule has 5 heteroatoms. The van der Waals surface area contributed by atoms with E-state index in [0.717, 1.165) is 11.6 Å². The molecule has 1 aliphatic carbocycles. The fourth-order valence-corrected chi connectivity index (χ4v) is 4.04. The third-order valence-corrected chi connectivity index (χ3v) is 5.20. The summed E-state index contributed by atoms with van der Waals surface area (Å²) < 4.78 is 2.32. The Morgan fingerprint density at radius 1 is 1.57 bits per heavy atom. The van der Waals surface area contributed by atoms with Gasteiger partial charge >= 0.3 is 5.97 Å². The lowest BCUT2D eigenvalue weighted by Crippen LogP contribution is -2.26. The van der Waals surface area contributed by atoms with Crippen molar-refractivity contribution in [2.45, 2.75) is 70.5 Å². The average molecular weight is 310 g/mol. The number of hydrogen-bond acceptors (Lipinski definition) is 3. The Bertz CT molecular complexity index is 508. The summed E-state index contributed by atoms with van der Waals surface area (Å²) in [6.07, 6.45) is 6.74. The van der Waals surface area contributed by atoms with Gasteiger partial charge in [-0.1, -0.05) is 45.9 Å². The molecular formula is C16H26N2O2S. The van der Waals surface area contributed by atoms with Crippen LogP contribution in [0.25, 0.3) is 0 Å². The lowest BCUT2D eigenvalue weighted by atomic mass is 9.75. The summed E-state index contributed by atoms with van der Waals surface area (Å²) in [5, 5.41) is 9.78. The molecule has 1 N–H and O–H groups in total. The molecule has 21 heavy (non-hydrogen) atoms. The summed E-state index contributed by atoms with van der Waals surface area (Å²) in [5.74, 6) is -0.309. The van der Waals surface area contributed by atoms with E-state index in [9.17, 15) is 4.79 Å². The van der Waals surface area contributed by atoms with E-state index in [2.05, 4.69) is 37.2 Å². The van der Waals surface area contributed by atoms with Gasteiger partial charge in [0.05, 0.1) is 5.75 Å². The zero-order valence-electron chi connectivity index (χ0n) is 13.4. The largest absolute Gasteiger partial charge is 0.481 e. The lowest BCUT2D eigenvalue weighted by molar-refractivity contribution is -0.133. The minimum atomic E-state index is -0.787. The topological polar surface area (TPSA) is 55.1 Å². The minimum Gasteiger partial charge on any atom is -0.481 e. The maximum atomic E-state index is 10.8. The second-order valence-electron chi connectivity index (χ2n) is 7.09. The number of rotatable bonds is 5. The van der Waals surface area contributed by atoms with E-state index in [1.165, 1.54) is 36.7 Å². The number of imidazole rings is 1. The molecule has 0 saturated heterocycles. The highest BCUT2D eigenvalue weighted by atomic mass is 32.2. The Morgan fingerprint density at radius 2 is 2.29 bits per heavy atom. The molecule has 1 heterocycles. The standard InChI is InChI=1S/C16H26N2O2S/c1-11(2)13-9-17-15(21-10-14(19)20)18(13)12-6-5-7-16(3,4)8-12/h9,11-12H,5-8,10H2,1-4H3,(H,19,20). The highest BCUT2D eigenvalue weighted by molar-refractivity contribution is 7.99. The van der Waals surface area contributed by atoms with Crippen molar-refractivity contribution in [2.24, 2.45) is 5.41 Å². The van der Waals surface area contributed by atoms with Crippen LogP contribution in [0.3, 0.4) is 0 Å². The van der Waals surface area contributed by atoms with Crippen molar-refractivity contribution in [3.05, 3.63) is 11.9 Å². The van der Waals surface area contributed by atoms with Crippen LogP contribution in [0.2, 0.25) is 0 Å². The fraction of sp³-hybridized carbons (Fsp3) is 0.750. The highest BCUT2D eigenvalue weighted by Crippen LogP contribution is 2.43. The van der Waals surface area contributed by atoms with Crippen molar-refractivity contribution < 1.29 is 9.90 Å². The van der Waals surface area contributed by atoms with Crippen LogP contribution < -0.4 is 0 Å². The molecule has 1 aromatic heterocycles. The number of thioether (sulfide) groups is 1. The first-order valence-corrected chi connectivity index (χ1v) is 8.70. The molecule has 1 saturated carbocycles. The van der Waals surface area contributed by atoms with Gasteiger partial charge in [-0.15, -0.1) is 0 Å². The van der Waals surface area contributed by atoms with Gasteiger partial charge in [0, 0.05) is 17.9 Å². The van der Waals surface area contributed by atoms with E-state index in [1.54, 1.807) is 0 Å². The number of nitrogens with zero attached hydrogens (tertiary/aromatic N) is 2. The van der Waals surface area contributed by atoms with E-state index < -0.39 is 5.97 Å². The molecule has 0 aliphatic heterocycles. The second-order valence-corrected chi connectivity index (χ2v) is 8.03. The molecule has 0 bridgehead atoms. The number of aromatic nitrogens is 2. The molecule has 4 nitrogen and oxygen atoms in total. The summed E-state index contributed by atoms with van der Waals surface area (Å²) in [6.45, 7) is 9.00. The molecule has 1 aliphatic rings. The third-order valence-electron chi connectivity index (χ3n) is 4.25. The van der Waals surface area contributed by atoms with Gasteiger partial charge in [0.15, 0.2) is 5.16 Å². The SMILES string of the molecule is CC(C)c1cnc(SCC(=O)O)n1C1CCCC(C)(C)C1. The van der Waals surface area contributed by atoms with E-state index in [-0.39, 0.29) is 5.75 Å². The van der Waals surface area contributed by atoms with Crippen LogP contribution in [0.5, 0.6) is 0 Å². The minimum absolute atomic E-state index is 0.0741. The molecule has 0 amide bonds. The summed E-state index contributed by atoms with van der Waals surface area (Å²) in [7, 11) is 0. The molecule has 1 fully saturated rings. The molecule has 118 valence electrons. The quantitative estimate of drug-likeness (QED) is 0.823. The van der Waals surface area contributed by atoms with Gasteiger partial charge in [-0.2, -0.15) is 0 Å². The summed E-state index contributed by atoms with van der Waals surface area (Å²) >= 11 is 1.34. The van der Waals surface area contributed by atoms with Gasteiger partial charge in [-0.25, -0.2) is 4.98 Å². The predicted octanol–water partition coefficient (Wildman–Crippen LogP) is 4.32. The fourth-order valence-electron chi connectivity index (χ4n) is 3.26. The van der Waals surface area contributed by atoms with E-state index in [0.29, 0.717) is 17.4 Å². The maximum Gasteiger partial charge on any atom is 0.313 e. The number of carboxylic acids is 1. The Kier molecular flexibility index (Phi) is 5.02. The zero-order chi connectivity index (χ0) is 15.6. The van der Waals surface area contributed by atoms with E-state index in [4.69, 9.17) is 5.11 Å².